The van der Waals surface area contributed by atoms with Gasteiger partial charge in [-0.15, -0.1) is 0 Å². The summed E-state index contributed by atoms with van der Waals surface area (Å²) in [6.45, 7) is 1.88. The Labute approximate surface area is 176 Å². The summed E-state index contributed by atoms with van der Waals surface area (Å²) >= 11 is 0. The van der Waals surface area contributed by atoms with Gasteiger partial charge in [-0.25, -0.2) is 13.1 Å². The fraction of sp³-hybridized carbons (Fsp3) is 0.333. The van der Waals surface area contributed by atoms with Crippen molar-refractivity contribution < 1.29 is 22.7 Å². The Balaban J connectivity index is 1.81. The number of benzene rings is 2. The van der Waals surface area contributed by atoms with Gasteiger partial charge in [-0.05, 0) is 54.9 Å². The molecule has 2 amide bonds. The second-order valence-corrected chi connectivity index (χ2v) is 8.91. The molecule has 1 aliphatic heterocycles. The molecule has 0 bridgehead atoms. The predicted octanol–water partition coefficient (Wildman–Crippen LogP) is 1.76. The molecule has 2 aromatic carbocycles. The van der Waals surface area contributed by atoms with E-state index < -0.39 is 16.1 Å². The zero-order valence-corrected chi connectivity index (χ0v) is 18.0. The number of sulfonamides is 1. The summed E-state index contributed by atoms with van der Waals surface area (Å²) in [4.78, 5) is 26.6. The monoisotopic (exact) mass is 431 g/mol. The second-order valence-electron chi connectivity index (χ2n) is 7.02. The highest BCUT2D eigenvalue weighted by atomic mass is 32.2. The molecule has 2 aromatic rings. The van der Waals surface area contributed by atoms with E-state index in [0.29, 0.717) is 24.4 Å². The number of fused-ring (bicyclic) bond motifs is 1. The Morgan fingerprint density at radius 2 is 1.87 bits per heavy atom. The molecule has 0 aromatic heterocycles. The van der Waals surface area contributed by atoms with Crippen molar-refractivity contribution in [2.45, 2.75) is 30.7 Å². The molecule has 0 saturated heterocycles. The first-order valence-electron chi connectivity index (χ1n) is 9.53. The van der Waals surface area contributed by atoms with E-state index >= 15 is 0 Å². The van der Waals surface area contributed by atoms with Gasteiger partial charge in [0.1, 0.15) is 5.75 Å². The van der Waals surface area contributed by atoms with Crippen LogP contribution in [-0.2, 0) is 26.0 Å². The molecule has 0 radical (unpaired) electrons. The summed E-state index contributed by atoms with van der Waals surface area (Å²) in [7, 11) is -0.611. The molecule has 2 N–H and O–H groups in total. The minimum atomic E-state index is -3.54. The van der Waals surface area contributed by atoms with E-state index in [0.717, 1.165) is 11.1 Å². The Kier molecular flexibility index (Phi) is 6.42. The van der Waals surface area contributed by atoms with Gasteiger partial charge in [0.05, 0.1) is 24.5 Å². The number of hydrogen-bond donors (Lipinski definition) is 2. The first kappa shape index (κ1) is 21.8. The quantitative estimate of drug-likeness (QED) is 0.695. The van der Waals surface area contributed by atoms with E-state index in [1.165, 1.54) is 20.0 Å². The van der Waals surface area contributed by atoms with Crippen molar-refractivity contribution in [2.75, 3.05) is 25.6 Å². The van der Waals surface area contributed by atoms with Gasteiger partial charge in [0.2, 0.25) is 21.8 Å². The van der Waals surface area contributed by atoms with E-state index in [1.807, 2.05) is 12.1 Å². The maximum absolute atomic E-state index is 13.1. The van der Waals surface area contributed by atoms with Crippen molar-refractivity contribution >= 4 is 27.5 Å². The third-order valence-corrected chi connectivity index (χ3v) is 6.51. The molecule has 1 unspecified atom stereocenters. The van der Waals surface area contributed by atoms with Gasteiger partial charge < -0.3 is 15.0 Å². The van der Waals surface area contributed by atoms with Crippen molar-refractivity contribution in [1.29, 1.82) is 0 Å². The Bertz CT molecular complexity index is 1050. The highest BCUT2D eigenvalue weighted by molar-refractivity contribution is 7.89. The molecular formula is C21H25N3O5S. The topological polar surface area (TPSA) is 105 Å². The number of carbonyl (C=O) groups excluding carboxylic acids is 2. The van der Waals surface area contributed by atoms with Crippen LogP contribution in [0.3, 0.4) is 0 Å². The molecule has 0 saturated carbocycles. The van der Waals surface area contributed by atoms with Crippen molar-refractivity contribution in [3.05, 3.63) is 53.6 Å². The number of ether oxygens (including phenoxy) is 1. The van der Waals surface area contributed by atoms with Gasteiger partial charge in [-0.3, -0.25) is 9.59 Å². The summed E-state index contributed by atoms with van der Waals surface area (Å²) in [5.41, 5.74) is 2.31. The lowest BCUT2D eigenvalue weighted by atomic mass is 10.0. The van der Waals surface area contributed by atoms with Gasteiger partial charge >= 0.3 is 0 Å². The minimum Gasteiger partial charge on any atom is -0.497 e. The van der Waals surface area contributed by atoms with Crippen molar-refractivity contribution in [3.63, 3.8) is 0 Å². The smallest absolute Gasteiger partial charge is 0.240 e. The number of amides is 2. The van der Waals surface area contributed by atoms with Gasteiger partial charge in [-0.1, -0.05) is 12.1 Å². The largest absolute Gasteiger partial charge is 0.497 e. The van der Waals surface area contributed by atoms with Crippen LogP contribution < -0.4 is 19.7 Å². The maximum atomic E-state index is 13.1. The van der Waals surface area contributed by atoms with Gasteiger partial charge in [0.15, 0.2) is 0 Å². The predicted molar refractivity (Wildman–Crippen MR) is 113 cm³/mol. The van der Waals surface area contributed by atoms with Crippen LogP contribution in [0.4, 0.5) is 5.69 Å². The van der Waals surface area contributed by atoms with Crippen LogP contribution in [0.1, 0.15) is 30.5 Å². The van der Waals surface area contributed by atoms with E-state index in [-0.39, 0.29) is 23.1 Å². The number of rotatable bonds is 7. The van der Waals surface area contributed by atoms with E-state index in [9.17, 15) is 18.0 Å². The number of nitrogens with zero attached hydrogens (tertiary/aromatic N) is 1. The average molecular weight is 432 g/mol. The summed E-state index contributed by atoms with van der Waals surface area (Å²) in [6.07, 6.45) is 0.656. The molecule has 160 valence electrons. The fourth-order valence-electron chi connectivity index (χ4n) is 3.54. The lowest BCUT2D eigenvalue weighted by Gasteiger charge is -2.23. The van der Waals surface area contributed by atoms with Crippen molar-refractivity contribution in [2.24, 2.45) is 0 Å². The minimum absolute atomic E-state index is 0.0852. The maximum Gasteiger partial charge on any atom is 0.240 e. The van der Waals surface area contributed by atoms with Crippen LogP contribution in [0.5, 0.6) is 5.75 Å². The number of carbonyl (C=O) groups is 2. The van der Waals surface area contributed by atoms with Crippen molar-refractivity contribution in [1.82, 2.24) is 10.0 Å². The van der Waals surface area contributed by atoms with E-state index in [1.54, 1.807) is 36.3 Å². The molecule has 9 heteroatoms. The molecule has 1 atom stereocenters. The molecule has 0 spiro atoms. The standard InChI is InChI=1S/C21H25N3O5S/c1-14(25)23-19(15-4-6-17(29-3)7-5-15)13-21(26)24-11-10-16-12-18(8-9-20(16)24)30(27,28)22-2/h4-9,12,19,22H,10-11,13H2,1-3H3,(H,23,25). The number of nitrogens with one attached hydrogen (secondary N) is 2. The van der Waals surface area contributed by atoms with Gasteiger partial charge in [0.25, 0.3) is 0 Å². The lowest BCUT2D eigenvalue weighted by Crippen LogP contribution is -2.35. The highest BCUT2D eigenvalue weighted by Gasteiger charge is 2.28. The van der Waals surface area contributed by atoms with Crippen LogP contribution in [0.2, 0.25) is 0 Å². The molecule has 3 rings (SSSR count). The average Bonchev–Trinajstić information content (AvgIpc) is 3.16. The molecular weight excluding hydrogens is 406 g/mol. The number of anilines is 1. The molecule has 0 aliphatic carbocycles. The summed E-state index contributed by atoms with van der Waals surface area (Å²) in [5.74, 6) is 0.312. The van der Waals surface area contributed by atoms with Gasteiger partial charge in [0, 0.05) is 19.2 Å². The molecule has 8 nitrogen and oxygen atoms in total. The van der Waals surface area contributed by atoms with Crippen LogP contribution in [0, 0.1) is 0 Å². The van der Waals surface area contributed by atoms with Gasteiger partial charge in [-0.2, -0.15) is 0 Å². The SMILES string of the molecule is CNS(=O)(=O)c1ccc2c(c1)CCN2C(=O)CC(NC(C)=O)c1ccc(OC)cc1. The normalized spacial score (nSPS) is 14.2. The van der Waals surface area contributed by atoms with E-state index in [4.69, 9.17) is 4.74 Å². The molecule has 1 heterocycles. The second kappa shape index (κ2) is 8.85. The van der Waals surface area contributed by atoms with Crippen molar-refractivity contribution in [3.8, 4) is 5.75 Å². The third kappa shape index (κ3) is 4.63. The summed E-state index contributed by atoms with van der Waals surface area (Å²) in [6, 6.07) is 11.5. The lowest BCUT2D eigenvalue weighted by molar-refractivity contribution is -0.121. The van der Waals surface area contributed by atoms with Crippen LogP contribution in [-0.4, -0.2) is 40.9 Å². The third-order valence-electron chi connectivity index (χ3n) is 5.10. The Morgan fingerprint density at radius 3 is 2.47 bits per heavy atom. The molecule has 1 aliphatic rings. The zero-order valence-electron chi connectivity index (χ0n) is 17.1. The van der Waals surface area contributed by atoms with Crippen LogP contribution >= 0.6 is 0 Å². The first-order valence-corrected chi connectivity index (χ1v) is 11.0. The van der Waals surface area contributed by atoms with E-state index in [2.05, 4.69) is 10.0 Å². The number of hydrogen-bond acceptors (Lipinski definition) is 5. The number of methoxy groups -OCH3 is 1. The first-order chi connectivity index (χ1) is 14.2. The van der Waals surface area contributed by atoms with Crippen LogP contribution in [0.25, 0.3) is 0 Å². The highest BCUT2D eigenvalue weighted by Crippen LogP contribution is 2.32. The fourth-order valence-corrected chi connectivity index (χ4v) is 4.32. The molecule has 0 fully saturated rings. The summed E-state index contributed by atoms with van der Waals surface area (Å²) in [5, 5.41) is 2.83. The Morgan fingerprint density at radius 1 is 1.17 bits per heavy atom. The van der Waals surface area contributed by atoms with Crippen LogP contribution in [0.15, 0.2) is 47.4 Å². The zero-order chi connectivity index (χ0) is 21.9. The summed E-state index contributed by atoms with van der Waals surface area (Å²) < 4.78 is 31.5. The molecule has 30 heavy (non-hydrogen) atoms. The Hall–Kier alpha value is -2.91.